The van der Waals surface area contributed by atoms with Crippen molar-refractivity contribution in [2.45, 2.75) is 0 Å². The quantitative estimate of drug-likeness (QED) is 0.211. The molecular weight excluding hydrogens is 548 g/mol. The predicted molar refractivity (Wildman–Crippen MR) is 181 cm³/mol. The summed E-state index contributed by atoms with van der Waals surface area (Å²) in [6.07, 6.45) is 0. The Morgan fingerprint density at radius 2 is 0.911 bits per heavy atom. The molecule has 0 atom stereocenters. The Hall–Kier alpha value is -6.49. The molecule has 45 heavy (non-hydrogen) atoms. The SMILES string of the molecule is N#Cc1ccc(-c2ccc(-c3cc4nc5ccc6ccccc6n5c4cc3-c3ccc(-c4ccc(C#N)cc4)cc3)cc2)cc1. The number of rotatable bonds is 4. The highest BCUT2D eigenvalue weighted by Gasteiger charge is 2.15. The van der Waals surface area contributed by atoms with Gasteiger partial charge in [-0.15, -0.1) is 0 Å². The van der Waals surface area contributed by atoms with Crippen molar-refractivity contribution < 1.29 is 0 Å². The highest BCUT2D eigenvalue weighted by atomic mass is 15.0. The third-order valence-corrected chi connectivity index (χ3v) is 8.50. The largest absolute Gasteiger partial charge is 0.292 e. The van der Waals surface area contributed by atoms with Crippen LogP contribution in [-0.4, -0.2) is 9.38 Å². The van der Waals surface area contributed by atoms with Crippen LogP contribution >= 0.6 is 0 Å². The number of hydrogen-bond acceptors (Lipinski definition) is 3. The van der Waals surface area contributed by atoms with E-state index in [0.29, 0.717) is 11.1 Å². The first-order valence-corrected chi connectivity index (χ1v) is 14.7. The maximum absolute atomic E-state index is 9.19. The molecule has 0 aliphatic carbocycles. The highest BCUT2D eigenvalue weighted by Crippen LogP contribution is 2.38. The monoisotopic (exact) mass is 572 g/mol. The number of nitrogens with zero attached hydrogens (tertiary/aromatic N) is 4. The summed E-state index contributed by atoms with van der Waals surface area (Å²) in [5.74, 6) is 0. The summed E-state index contributed by atoms with van der Waals surface area (Å²) in [6.45, 7) is 0. The summed E-state index contributed by atoms with van der Waals surface area (Å²) < 4.78 is 2.25. The molecule has 8 rings (SSSR count). The van der Waals surface area contributed by atoms with E-state index in [4.69, 9.17) is 4.98 Å². The molecule has 0 amide bonds. The van der Waals surface area contributed by atoms with Gasteiger partial charge in [-0.3, -0.25) is 4.40 Å². The lowest BCUT2D eigenvalue weighted by molar-refractivity contribution is 1.30. The van der Waals surface area contributed by atoms with Crippen LogP contribution in [-0.2, 0) is 0 Å². The molecule has 0 saturated heterocycles. The average molecular weight is 573 g/mol. The van der Waals surface area contributed by atoms with Gasteiger partial charge < -0.3 is 0 Å². The van der Waals surface area contributed by atoms with Crippen molar-refractivity contribution in [3.05, 3.63) is 157 Å². The fraction of sp³-hybridized carbons (Fsp3) is 0. The molecule has 208 valence electrons. The van der Waals surface area contributed by atoms with Gasteiger partial charge in [-0.05, 0) is 104 Å². The van der Waals surface area contributed by atoms with Crippen LogP contribution in [0.1, 0.15) is 11.1 Å². The summed E-state index contributed by atoms with van der Waals surface area (Å²) in [7, 11) is 0. The minimum absolute atomic E-state index is 0.652. The Morgan fingerprint density at radius 1 is 0.444 bits per heavy atom. The molecule has 4 heteroatoms. The van der Waals surface area contributed by atoms with Crippen molar-refractivity contribution in [1.29, 1.82) is 10.5 Å². The fourth-order valence-electron chi connectivity index (χ4n) is 6.14. The normalized spacial score (nSPS) is 11.1. The van der Waals surface area contributed by atoms with Crippen molar-refractivity contribution in [2.24, 2.45) is 0 Å². The molecule has 0 fully saturated rings. The van der Waals surface area contributed by atoms with Gasteiger partial charge in [0, 0.05) is 0 Å². The number of imidazole rings is 1. The summed E-state index contributed by atoms with van der Waals surface area (Å²) >= 11 is 0. The van der Waals surface area contributed by atoms with Crippen LogP contribution in [0.3, 0.4) is 0 Å². The van der Waals surface area contributed by atoms with Crippen LogP contribution in [0.4, 0.5) is 0 Å². The first-order valence-electron chi connectivity index (χ1n) is 14.7. The van der Waals surface area contributed by atoms with Gasteiger partial charge in [-0.1, -0.05) is 91.0 Å². The van der Waals surface area contributed by atoms with Gasteiger partial charge in [0.25, 0.3) is 0 Å². The van der Waals surface area contributed by atoms with Gasteiger partial charge in [0.1, 0.15) is 5.65 Å². The first kappa shape index (κ1) is 26.2. The minimum atomic E-state index is 0.652. The van der Waals surface area contributed by atoms with Crippen LogP contribution in [0.25, 0.3) is 72.1 Å². The van der Waals surface area contributed by atoms with E-state index in [-0.39, 0.29) is 0 Å². The van der Waals surface area contributed by atoms with Gasteiger partial charge in [-0.25, -0.2) is 4.98 Å². The molecule has 0 unspecified atom stereocenters. The molecule has 0 N–H and O–H groups in total. The Morgan fingerprint density at radius 3 is 1.44 bits per heavy atom. The van der Waals surface area contributed by atoms with E-state index in [9.17, 15) is 10.5 Å². The molecule has 0 radical (unpaired) electrons. The topological polar surface area (TPSA) is 64.9 Å². The standard InChI is InChI=1S/C41H24N4/c42-25-27-5-9-29(10-6-27)31-13-17-33(18-14-31)36-23-38-40(45-39-4-2-1-3-35(39)21-22-41(45)44-38)24-37(36)34-19-15-32(16-20-34)30-11-7-28(26-43)8-12-30/h1-24H. The van der Waals surface area contributed by atoms with Crippen LogP contribution in [0, 0.1) is 22.7 Å². The van der Waals surface area contributed by atoms with Crippen molar-refractivity contribution in [2.75, 3.05) is 0 Å². The lowest BCUT2D eigenvalue weighted by Gasteiger charge is -2.13. The second kappa shape index (κ2) is 10.7. The van der Waals surface area contributed by atoms with E-state index in [1.165, 1.54) is 5.39 Å². The van der Waals surface area contributed by atoms with E-state index in [1.54, 1.807) is 0 Å². The Balaban J connectivity index is 1.29. The molecule has 8 aromatic rings. The summed E-state index contributed by atoms with van der Waals surface area (Å²) in [5.41, 5.74) is 14.1. The zero-order valence-corrected chi connectivity index (χ0v) is 24.1. The Kier molecular flexibility index (Phi) is 6.19. The van der Waals surface area contributed by atoms with Gasteiger partial charge in [0.05, 0.1) is 39.8 Å². The number of aromatic nitrogens is 2. The number of hydrogen-bond donors (Lipinski definition) is 0. The van der Waals surface area contributed by atoms with E-state index < -0.39 is 0 Å². The molecule has 0 bridgehead atoms. The fourth-order valence-corrected chi connectivity index (χ4v) is 6.14. The van der Waals surface area contributed by atoms with E-state index in [0.717, 1.165) is 66.7 Å². The minimum Gasteiger partial charge on any atom is -0.292 e. The van der Waals surface area contributed by atoms with Gasteiger partial charge in [0.2, 0.25) is 0 Å². The lowest BCUT2D eigenvalue weighted by Crippen LogP contribution is -1.91. The third kappa shape index (κ3) is 4.59. The van der Waals surface area contributed by atoms with Crippen LogP contribution in [0.2, 0.25) is 0 Å². The Labute approximate surface area is 260 Å². The molecular formula is C41H24N4. The molecule has 6 aromatic carbocycles. The Bertz CT molecular complexity index is 2450. The number of para-hydroxylation sites is 1. The number of benzene rings is 6. The third-order valence-electron chi connectivity index (χ3n) is 8.50. The van der Waals surface area contributed by atoms with Crippen molar-refractivity contribution in [3.63, 3.8) is 0 Å². The van der Waals surface area contributed by atoms with E-state index >= 15 is 0 Å². The number of pyridine rings is 1. The number of nitriles is 2. The number of fused-ring (bicyclic) bond motifs is 5. The van der Waals surface area contributed by atoms with Crippen LogP contribution < -0.4 is 0 Å². The van der Waals surface area contributed by atoms with Gasteiger partial charge in [0.15, 0.2) is 0 Å². The lowest BCUT2D eigenvalue weighted by atomic mass is 9.91. The molecule has 4 nitrogen and oxygen atoms in total. The average Bonchev–Trinajstić information content (AvgIpc) is 3.49. The highest BCUT2D eigenvalue weighted by molar-refractivity contribution is 5.98. The zero-order valence-electron chi connectivity index (χ0n) is 24.1. The van der Waals surface area contributed by atoms with Crippen molar-refractivity contribution >= 4 is 27.6 Å². The van der Waals surface area contributed by atoms with Crippen LogP contribution in [0.15, 0.2) is 146 Å². The summed E-state index contributed by atoms with van der Waals surface area (Å²) in [5, 5.41) is 19.5. The second-order valence-electron chi connectivity index (χ2n) is 11.1. The molecule has 0 aliphatic heterocycles. The zero-order chi connectivity index (χ0) is 30.3. The molecule has 2 aromatic heterocycles. The maximum Gasteiger partial charge on any atom is 0.138 e. The summed E-state index contributed by atoms with van der Waals surface area (Å²) in [4.78, 5) is 5.05. The van der Waals surface area contributed by atoms with Crippen LogP contribution in [0.5, 0.6) is 0 Å². The van der Waals surface area contributed by atoms with Gasteiger partial charge in [-0.2, -0.15) is 10.5 Å². The van der Waals surface area contributed by atoms with Crippen molar-refractivity contribution in [3.8, 4) is 56.6 Å². The van der Waals surface area contributed by atoms with E-state index in [1.807, 2.05) is 48.5 Å². The molecule has 0 aliphatic rings. The molecule has 0 saturated carbocycles. The van der Waals surface area contributed by atoms with Crippen molar-refractivity contribution in [1.82, 2.24) is 9.38 Å². The van der Waals surface area contributed by atoms with Gasteiger partial charge >= 0.3 is 0 Å². The maximum atomic E-state index is 9.19. The predicted octanol–water partition coefficient (Wildman–Crippen LogP) is 10.1. The second-order valence-corrected chi connectivity index (χ2v) is 11.1. The molecule has 2 heterocycles. The summed E-state index contributed by atoms with van der Waals surface area (Å²) in [6, 6.07) is 54.1. The van der Waals surface area contributed by atoms with E-state index in [2.05, 4.69) is 114 Å². The first-order chi connectivity index (χ1) is 22.2. The smallest absolute Gasteiger partial charge is 0.138 e. The molecule has 0 spiro atoms.